The van der Waals surface area contributed by atoms with E-state index in [2.05, 4.69) is 34.1 Å². The van der Waals surface area contributed by atoms with Crippen molar-refractivity contribution < 1.29 is 0 Å². The van der Waals surface area contributed by atoms with E-state index in [1.54, 1.807) is 17.4 Å². The molecule has 0 fully saturated rings. The first-order chi connectivity index (χ1) is 14.5. The molecular formula is C23H23ClN4OS. The number of hydrogen-bond acceptors (Lipinski definition) is 5. The maximum absolute atomic E-state index is 12.4. The molecule has 2 heterocycles. The maximum atomic E-state index is 12.4. The number of nitrogens with zero attached hydrogens (tertiary/aromatic N) is 3. The number of halogens is 1. The van der Waals surface area contributed by atoms with Crippen LogP contribution in [-0.2, 0) is 13.1 Å². The molecule has 0 amide bonds. The topological polar surface area (TPSA) is 61.9 Å². The van der Waals surface area contributed by atoms with Crippen LogP contribution in [0.4, 0.5) is 0 Å². The van der Waals surface area contributed by atoms with Crippen LogP contribution < -0.4 is 5.56 Å². The molecule has 4 rings (SSSR count). The third kappa shape index (κ3) is 4.61. The molecule has 0 saturated heterocycles. The molecule has 0 aliphatic rings. The zero-order chi connectivity index (χ0) is 21.1. The normalized spacial score (nSPS) is 12.5. The molecular weight excluding hydrogens is 416 g/mol. The maximum Gasteiger partial charge on any atom is 0.258 e. The third-order valence-corrected chi connectivity index (χ3v) is 6.43. The van der Waals surface area contributed by atoms with Crippen molar-refractivity contribution in [3.8, 4) is 10.6 Å². The van der Waals surface area contributed by atoms with E-state index < -0.39 is 0 Å². The van der Waals surface area contributed by atoms with E-state index in [0.717, 1.165) is 33.2 Å². The first-order valence-electron chi connectivity index (χ1n) is 9.96. The molecule has 4 aromatic rings. The zero-order valence-corrected chi connectivity index (χ0v) is 18.5. The van der Waals surface area contributed by atoms with Crippen LogP contribution in [0.5, 0.6) is 0 Å². The number of hydrogen-bond donors (Lipinski definition) is 1. The Labute approximate surface area is 184 Å². The van der Waals surface area contributed by atoms with Crippen LogP contribution >= 0.6 is 22.9 Å². The summed E-state index contributed by atoms with van der Waals surface area (Å²) in [5.74, 6) is 0.673. The van der Waals surface area contributed by atoms with Crippen molar-refractivity contribution in [3.63, 3.8) is 0 Å². The number of H-pyrrole nitrogens is 1. The molecule has 0 aliphatic heterocycles. The smallest absolute Gasteiger partial charge is 0.258 e. The molecule has 0 aliphatic carbocycles. The summed E-state index contributed by atoms with van der Waals surface area (Å²) < 4.78 is 0. The Morgan fingerprint density at radius 1 is 1.10 bits per heavy atom. The van der Waals surface area contributed by atoms with E-state index in [9.17, 15) is 4.79 Å². The van der Waals surface area contributed by atoms with Crippen LogP contribution in [0.25, 0.3) is 21.5 Å². The van der Waals surface area contributed by atoms with Crippen molar-refractivity contribution in [2.45, 2.75) is 39.4 Å². The molecule has 0 bridgehead atoms. The number of benzene rings is 2. The van der Waals surface area contributed by atoms with Crippen LogP contribution in [-0.4, -0.2) is 25.9 Å². The Morgan fingerprint density at radius 2 is 1.87 bits per heavy atom. The van der Waals surface area contributed by atoms with E-state index in [1.807, 2.05) is 42.5 Å². The number of aromatic amines is 1. The van der Waals surface area contributed by atoms with Gasteiger partial charge >= 0.3 is 0 Å². The number of rotatable bonds is 7. The van der Waals surface area contributed by atoms with Gasteiger partial charge in [-0.2, -0.15) is 0 Å². The molecule has 0 spiro atoms. The number of para-hydroxylation sites is 1. The standard InChI is InChI=1S/C23H23ClN4OS/c1-3-15(2)28(13-21-26-20-7-5-4-6-19(20)22(29)27-21)12-18-14-30-23(25-18)16-8-10-17(24)11-9-16/h4-11,14-15H,3,12-13H2,1-2H3,(H,26,27,29). The number of thiazole rings is 1. The molecule has 5 nitrogen and oxygen atoms in total. The van der Waals surface area contributed by atoms with Crippen LogP contribution in [0.3, 0.4) is 0 Å². The largest absolute Gasteiger partial charge is 0.309 e. The summed E-state index contributed by atoms with van der Waals surface area (Å²) >= 11 is 7.62. The van der Waals surface area contributed by atoms with Gasteiger partial charge in [0.1, 0.15) is 10.8 Å². The van der Waals surface area contributed by atoms with Gasteiger partial charge in [-0.3, -0.25) is 9.69 Å². The fourth-order valence-electron chi connectivity index (χ4n) is 3.34. The number of nitrogens with one attached hydrogen (secondary N) is 1. The van der Waals surface area contributed by atoms with Crippen molar-refractivity contribution in [3.05, 3.63) is 80.8 Å². The Hall–Kier alpha value is -2.54. The van der Waals surface area contributed by atoms with Crippen LogP contribution in [0, 0.1) is 0 Å². The van der Waals surface area contributed by atoms with E-state index in [0.29, 0.717) is 30.3 Å². The summed E-state index contributed by atoms with van der Waals surface area (Å²) in [5, 5.41) is 4.40. The molecule has 2 aromatic heterocycles. The van der Waals surface area contributed by atoms with Crippen LogP contribution in [0.15, 0.2) is 58.7 Å². The van der Waals surface area contributed by atoms with Crippen molar-refractivity contribution in [2.75, 3.05) is 0 Å². The SMILES string of the molecule is CCC(C)N(Cc1csc(-c2ccc(Cl)cc2)n1)Cc1nc2ccccc2c(=O)[nH]1. The summed E-state index contributed by atoms with van der Waals surface area (Å²) in [6.45, 7) is 5.60. The second-order valence-electron chi connectivity index (χ2n) is 7.34. The highest BCUT2D eigenvalue weighted by Crippen LogP contribution is 2.26. The van der Waals surface area contributed by atoms with Crippen molar-refractivity contribution in [1.29, 1.82) is 0 Å². The summed E-state index contributed by atoms with van der Waals surface area (Å²) in [6, 6.07) is 15.5. The van der Waals surface area contributed by atoms with Crippen LogP contribution in [0.1, 0.15) is 31.8 Å². The molecule has 2 aromatic carbocycles. The molecule has 154 valence electrons. The Morgan fingerprint density at radius 3 is 2.63 bits per heavy atom. The highest BCUT2D eigenvalue weighted by atomic mass is 35.5. The average molecular weight is 439 g/mol. The van der Waals surface area contributed by atoms with Gasteiger partial charge in [0.2, 0.25) is 0 Å². The molecule has 0 radical (unpaired) electrons. The Kier molecular flexibility index (Phi) is 6.27. The molecule has 1 atom stereocenters. The van der Waals surface area contributed by atoms with Gasteiger partial charge in [0.05, 0.1) is 23.1 Å². The van der Waals surface area contributed by atoms with Gasteiger partial charge in [-0.1, -0.05) is 42.8 Å². The Balaban J connectivity index is 1.57. The van der Waals surface area contributed by atoms with Crippen LogP contribution in [0.2, 0.25) is 5.02 Å². The van der Waals surface area contributed by atoms with Gasteiger partial charge in [0.15, 0.2) is 0 Å². The van der Waals surface area contributed by atoms with Gasteiger partial charge in [-0.25, -0.2) is 9.97 Å². The first kappa shape index (κ1) is 20.7. The average Bonchev–Trinajstić information content (AvgIpc) is 3.22. The lowest BCUT2D eigenvalue weighted by Gasteiger charge is -2.27. The summed E-state index contributed by atoms with van der Waals surface area (Å²) in [5.41, 5.74) is 2.69. The highest BCUT2D eigenvalue weighted by Gasteiger charge is 2.17. The summed E-state index contributed by atoms with van der Waals surface area (Å²) in [7, 11) is 0. The minimum absolute atomic E-state index is 0.0987. The fourth-order valence-corrected chi connectivity index (χ4v) is 4.28. The number of fused-ring (bicyclic) bond motifs is 1. The molecule has 0 saturated carbocycles. The number of aromatic nitrogens is 3. The Bertz CT molecular complexity index is 1200. The second-order valence-corrected chi connectivity index (χ2v) is 8.64. The van der Waals surface area contributed by atoms with E-state index in [-0.39, 0.29) is 5.56 Å². The third-order valence-electron chi connectivity index (χ3n) is 5.24. The summed E-state index contributed by atoms with van der Waals surface area (Å²) in [6.07, 6.45) is 0.992. The predicted molar refractivity (Wildman–Crippen MR) is 124 cm³/mol. The summed E-state index contributed by atoms with van der Waals surface area (Å²) in [4.78, 5) is 27.2. The zero-order valence-electron chi connectivity index (χ0n) is 16.9. The van der Waals surface area contributed by atoms with E-state index in [4.69, 9.17) is 16.6 Å². The predicted octanol–water partition coefficient (Wildman–Crippen LogP) is 5.50. The van der Waals surface area contributed by atoms with Gasteiger partial charge < -0.3 is 4.98 Å². The molecule has 30 heavy (non-hydrogen) atoms. The first-order valence-corrected chi connectivity index (χ1v) is 11.2. The van der Waals surface area contributed by atoms with Gasteiger partial charge in [0, 0.05) is 28.6 Å². The van der Waals surface area contributed by atoms with Crippen molar-refractivity contribution in [1.82, 2.24) is 19.9 Å². The second kappa shape index (κ2) is 9.08. The monoisotopic (exact) mass is 438 g/mol. The van der Waals surface area contributed by atoms with Crippen molar-refractivity contribution in [2.24, 2.45) is 0 Å². The van der Waals surface area contributed by atoms with Crippen molar-refractivity contribution >= 4 is 33.8 Å². The quantitative estimate of drug-likeness (QED) is 0.413. The minimum Gasteiger partial charge on any atom is -0.309 e. The van der Waals surface area contributed by atoms with Gasteiger partial charge in [0.25, 0.3) is 5.56 Å². The van der Waals surface area contributed by atoms with Gasteiger partial charge in [-0.15, -0.1) is 11.3 Å². The van der Waals surface area contributed by atoms with Gasteiger partial charge in [-0.05, 0) is 37.6 Å². The molecule has 1 N–H and O–H groups in total. The highest BCUT2D eigenvalue weighted by molar-refractivity contribution is 7.13. The fraction of sp³-hybridized carbons (Fsp3) is 0.261. The van der Waals surface area contributed by atoms with E-state index >= 15 is 0 Å². The lowest BCUT2D eigenvalue weighted by Crippen LogP contribution is -2.33. The molecule has 7 heteroatoms. The lowest BCUT2D eigenvalue weighted by molar-refractivity contribution is 0.179. The van der Waals surface area contributed by atoms with E-state index in [1.165, 1.54) is 0 Å². The molecule has 1 unspecified atom stereocenters. The minimum atomic E-state index is -0.0987. The lowest BCUT2D eigenvalue weighted by atomic mass is 10.2.